The molecule has 0 radical (unpaired) electrons. The van der Waals surface area contributed by atoms with Crippen LogP contribution in [0.15, 0.2) is 18.3 Å². The number of nitrogens with zero attached hydrogens (tertiary/aromatic N) is 3. The van der Waals surface area contributed by atoms with E-state index in [0.717, 1.165) is 17.0 Å². The minimum absolute atomic E-state index is 0.663. The summed E-state index contributed by atoms with van der Waals surface area (Å²) in [6, 6.07) is 6.02. The molecule has 0 atom stereocenters. The van der Waals surface area contributed by atoms with Gasteiger partial charge in [-0.2, -0.15) is 5.26 Å². The first kappa shape index (κ1) is 7.81. The Balaban J connectivity index is 2.99. The van der Waals surface area contributed by atoms with Crippen LogP contribution in [0.2, 0.25) is 0 Å². The van der Waals surface area contributed by atoms with E-state index in [4.69, 9.17) is 5.26 Å². The minimum atomic E-state index is 0.663. The number of aromatic nitrogens is 2. The number of rotatable bonds is 0. The van der Waals surface area contributed by atoms with Crippen LogP contribution >= 0.6 is 0 Å². The third-order valence-electron chi connectivity index (χ3n) is 2.16. The van der Waals surface area contributed by atoms with Crippen molar-refractivity contribution >= 4 is 5.52 Å². The van der Waals surface area contributed by atoms with Gasteiger partial charge in [0.05, 0.1) is 16.8 Å². The molecule has 2 heterocycles. The third kappa shape index (κ3) is 0.994. The summed E-state index contributed by atoms with van der Waals surface area (Å²) < 4.78 is 1.92. The Kier molecular flexibility index (Phi) is 1.56. The van der Waals surface area contributed by atoms with Crippen LogP contribution in [-0.2, 0) is 0 Å². The lowest BCUT2D eigenvalue weighted by Crippen LogP contribution is -1.99. The summed E-state index contributed by atoms with van der Waals surface area (Å²) in [7, 11) is 0. The maximum Gasteiger partial charge on any atom is 0.110 e. The largest absolute Gasteiger partial charge is 0.304 e. The number of hydrogen-bond donors (Lipinski definition) is 0. The second kappa shape index (κ2) is 2.60. The number of nitriles is 1. The quantitative estimate of drug-likeness (QED) is 0.606. The molecule has 2 aromatic rings. The van der Waals surface area contributed by atoms with Crippen LogP contribution in [0, 0.1) is 25.2 Å². The van der Waals surface area contributed by atoms with E-state index in [2.05, 4.69) is 11.1 Å². The van der Waals surface area contributed by atoms with Crippen LogP contribution in [-0.4, -0.2) is 9.38 Å². The predicted molar refractivity (Wildman–Crippen MR) is 49.4 cm³/mol. The van der Waals surface area contributed by atoms with Crippen molar-refractivity contribution in [2.45, 2.75) is 13.8 Å². The lowest BCUT2D eigenvalue weighted by molar-refractivity contribution is 0.959. The molecule has 64 valence electrons. The van der Waals surface area contributed by atoms with Gasteiger partial charge in [0.1, 0.15) is 11.9 Å². The Hall–Kier alpha value is -1.82. The van der Waals surface area contributed by atoms with E-state index in [1.54, 1.807) is 0 Å². The molecule has 0 aliphatic rings. The first-order chi connectivity index (χ1) is 6.24. The van der Waals surface area contributed by atoms with E-state index in [1.165, 1.54) is 0 Å². The van der Waals surface area contributed by atoms with Crippen LogP contribution in [0.1, 0.15) is 17.1 Å². The SMILES string of the molecule is Cc1nc(C)n2cccc2c1C#N. The summed E-state index contributed by atoms with van der Waals surface area (Å²) in [6.07, 6.45) is 1.91. The van der Waals surface area contributed by atoms with Gasteiger partial charge < -0.3 is 4.40 Å². The Morgan fingerprint density at radius 3 is 2.92 bits per heavy atom. The number of hydrogen-bond acceptors (Lipinski definition) is 2. The van der Waals surface area contributed by atoms with Crippen molar-refractivity contribution in [3.8, 4) is 6.07 Å². The highest BCUT2D eigenvalue weighted by molar-refractivity contribution is 5.62. The molecule has 0 bridgehead atoms. The van der Waals surface area contributed by atoms with Gasteiger partial charge in [0.25, 0.3) is 0 Å². The van der Waals surface area contributed by atoms with Gasteiger partial charge in [-0.15, -0.1) is 0 Å². The molecule has 2 rings (SSSR count). The van der Waals surface area contributed by atoms with Crippen LogP contribution in [0.3, 0.4) is 0 Å². The van der Waals surface area contributed by atoms with E-state index >= 15 is 0 Å². The number of fused-ring (bicyclic) bond motifs is 1. The van der Waals surface area contributed by atoms with Crippen molar-refractivity contribution in [3.05, 3.63) is 35.4 Å². The van der Waals surface area contributed by atoms with Crippen molar-refractivity contribution in [3.63, 3.8) is 0 Å². The van der Waals surface area contributed by atoms with E-state index < -0.39 is 0 Å². The van der Waals surface area contributed by atoms with E-state index in [-0.39, 0.29) is 0 Å². The molecule has 3 nitrogen and oxygen atoms in total. The van der Waals surface area contributed by atoms with Gasteiger partial charge in [0.15, 0.2) is 0 Å². The van der Waals surface area contributed by atoms with Crippen molar-refractivity contribution in [2.24, 2.45) is 0 Å². The van der Waals surface area contributed by atoms with Gasteiger partial charge in [-0.25, -0.2) is 4.98 Å². The highest BCUT2D eigenvalue weighted by Crippen LogP contribution is 2.14. The van der Waals surface area contributed by atoms with Crippen molar-refractivity contribution in [2.75, 3.05) is 0 Å². The minimum Gasteiger partial charge on any atom is -0.304 e. The zero-order chi connectivity index (χ0) is 9.42. The number of aryl methyl sites for hydroxylation is 2. The Morgan fingerprint density at radius 1 is 1.46 bits per heavy atom. The fourth-order valence-corrected chi connectivity index (χ4v) is 1.54. The normalized spacial score (nSPS) is 10.2. The maximum absolute atomic E-state index is 8.92. The smallest absolute Gasteiger partial charge is 0.110 e. The molecular weight excluding hydrogens is 162 g/mol. The highest BCUT2D eigenvalue weighted by atomic mass is 15.0. The summed E-state index contributed by atoms with van der Waals surface area (Å²) in [5.74, 6) is 0.913. The summed E-state index contributed by atoms with van der Waals surface area (Å²) in [4.78, 5) is 4.29. The van der Waals surface area contributed by atoms with Crippen molar-refractivity contribution in [1.29, 1.82) is 5.26 Å². The van der Waals surface area contributed by atoms with Gasteiger partial charge >= 0.3 is 0 Å². The predicted octanol–water partition coefficient (Wildman–Crippen LogP) is 1.82. The average molecular weight is 171 g/mol. The molecular formula is C10H9N3. The lowest BCUT2D eigenvalue weighted by Gasteiger charge is -2.04. The zero-order valence-corrected chi connectivity index (χ0v) is 7.57. The van der Waals surface area contributed by atoms with E-state index in [0.29, 0.717) is 5.56 Å². The molecule has 0 spiro atoms. The summed E-state index contributed by atoms with van der Waals surface area (Å²) in [5.41, 5.74) is 2.40. The van der Waals surface area contributed by atoms with Gasteiger partial charge in [0.2, 0.25) is 0 Å². The molecule has 0 saturated carbocycles. The molecule has 0 fully saturated rings. The van der Waals surface area contributed by atoms with Crippen molar-refractivity contribution in [1.82, 2.24) is 9.38 Å². The first-order valence-electron chi connectivity index (χ1n) is 4.08. The van der Waals surface area contributed by atoms with Gasteiger partial charge in [-0.1, -0.05) is 0 Å². The summed E-state index contributed by atoms with van der Waals surface area (Å²) >= 11 is 0. The molecule has 2 aromatic heterocycles. The van der Waals surface area contributed by atoms with E-state index in [9.17, 15) is 0 Å². The van der Waals surface area contributed by atoms with Crippen LogP contribution < -0.4 is 0 Å². The fourth-order valence-electron chi connectivity index (χ4n) is 1.54. The molecule has 13 heavy (non-hydrogen) atoms. The van der Waals surface area contributed by atoms with Crippen LogP contribution in [0.5, 0.6) is 0 Å². The molecule has 3 heteroatoms. The Labute approximate surface area is 76.3 Å². The zero-order valence-electron chi connectivity index (χ0n) is 7.57. The monoisotopic (exact) mass is 171 g/mol. The second-order valence-corrected chi connectivity index (χ2v) is 2.99. The summed E-state index contributed by atoms with van der Waals surface area (Å²) in [6.45, 7) is 3.79. The van der Waals surface area contributed by atoms with Crippen molar-refractivity contribution < 1.29 is 0 Å². The molecule has 0 aliphatic carbocycles. The van der Waals surface area contributed by atoms with Crippen LogP contribution in [0.4, 0.5) is 0 Å². The first-order valence-corrected chi connectivity index (χ1v) is 4.08. The lowest BCUT2D eigenvalue weighted by atomic mass is 10.2. The molecule has 0 aromatic carbocycles. The van der Waals surface area contributed by atoms with Gasteiger partial charge in [-0.3, -0.25) is 0 Å². The van der Waals surface area contributed by atoms with Gasteiger partial charge in [-0.05, 0) is 26.0 Å². The molecule has 0 N–H and O–H groups in total. The molecule has 0 amide bonds. The molecule has 0 saturated heterocycles. The highest BCUT2D eigenvalue weighted by Gasteiger charge is 2.06. The Morgan fingerprint density at radius 2 is 2.23 bits per heavy atom. The standard InChI is InChI=1S/C10H9N3/c1-7-9(6-11)10-4-3-5-13(10)8(2)12-7/h3-5H,1-2H3. The third-order valence-corrected chi connectivity index (χ3v) is 2.16. The second-order valence-electron chi connectivity index (χ2n) is 2.99. The molecule has 0 unspecified atom stereocenters. The van der Waals surface area contributed by atoms with E-state index in [1.807, 2.05) is 36.6 Å². The Bertz CT molecular complexity index is 503. The molecule has 0 aliphatic heterocycles. The average Bonchev–Trinajstić information content (AvgIpc) is 2.53. The maximum atomic E-state index is 8.92. The topological polar surface area (TPSA) is 41.1 Å². The van der Waals surface area contributed by atoms with Gasteiger partial charge in [0, 0.05) is 6.20 Å². The summed E-state index contributed by atoms with van der Waals surface area (Å²) in [5, 5.41) is 8.92. The van der Waals surface area contributed by atoms with Crippen LogP contribution in [0.25, 0.3) is 5.52 Å². The fraction of sp³-hybridized carbons (Fsp3) is 0.200.